The molecule has 2 amide bonds. The zero-order valence-electron chi connectivity index (χ0n) is 24.6. The lowest BCUT2D eigenvalue weighted by atomic mass is 9.60. The Morgan fingerprint density at radius 3 is 2.12 bits per heavy atom. The van der Waals surface area contributed by atoms with Gasteiger partial charge >= 0.3 is 12.1 Å². The Bertz CT molecular complexity index is 1390. The lowest BCUT2D eigenvalue weighted by Gasteiger charge is -2.48. The average molecular weight is 569 g/mol. The van der Waals surface area contributed by atoms with Crippen LogP contribution in [0, 0.1) is 17.3 Å². The van der Waals surface area contributed by atoms with Gasteiger partial charge in [-0.25, -0.2) is 4.79 Å². The summed E-state index contributed by atoms with van der Waals surface area (Å²) in [7, 11) is 0. The molecule has 5 rings (SSSR count). The van der Waals surface area contributed by atoms with E-state index in [0.717, 1.165) is 5.56 Å². The van der Waals surface area contributed by atoms with Gasteiger partial charge in [-0.1, -0.05) is 99.6 Å². The lowest BCUT2D eigenvalue weighted by molar-refractivity contribution is -0.145. The van der Waals surface area contributed by atoms with E-state index in [2.05, 4.69) is 50.4 Å². The zero-order chi connectivity index (χ0) is 29.9. The Hall–Kier alpha value is -4.13. The average Bonchev–Trinajstić information content (AvgIpc) is 3.30. The number of aliphatic carboxylic acids is 1. The van der Waals surface area contributed by atoms with Gasteiger partial charge in [0.15, 0.2) is 0 Å². The maximum absolute atomic E-state index is 13.9. The van der Waals surface area contributed by atoms with E-state index in [1.54, 1.807) is 4.90 Å². The molecule has 0 spiro atoms. The van der Waals surface area contributed by atoms with Gasteiger partial charge in [-0.2, -0.15) is 0 Å². The third kappa shape index (κ3) is 6.06. The molecule has 0 aliphatic heterocycles. The summed E-state index contributed by atoms with van der Waals surface area (Å²) < 4.78 is 5.81. The van der Waals surface area contributed by atoms with Gasteiger partial charge in [-0.3, -0.25) is 9.59 Å². The second-order valence-corrected chi connectivity index (χ2v) is 12.2. The van der Waals surface area contributed by atoms with E-state index in [9.17, 15) is 19.5 Å². The number of amides is 2. The number of rotatable bonds is 9. The predicted molar refractivity (Wildman–Crippen MR) is 162 cm³/mol. The van der Waals surface area contributed by atoms with Crippen LogP contribution in [0.25, 0.3) is 11.1 Å². The van der Waals surface area contributed by atoms with Crippen LogP contribution in [0.3, 0.4) is 0 Å². The third-order valence-corrected chi connectivity index (χ3v) is 9.51. The molecule has 220 valence electrons. The monoisotopic (exact) mass is 568 g/mol. The number of hydrogen-bond acceptors (Lipinski definition) is 4. The molecule has 2 aliphatic rings. The van der Waals surface area contributed by atoms with Crippen LogP contribution >= 0.6 is 0 Å². The number of carbonyl (C=O) groups is 3. The van der Waals surface area contributed by atoms with Gasteiger partial charge < -0.3 is 20.1 Å². The highest BCUT2D eigenvalue weighted by Gasteiger charge is 2.47. The van der Waals surface area contributed by atoms with Crippen LogP contribution in [0.15, 0.2) is 78.9 Å². The quantitative estimate of drug-likeness (QED) is 0.309. The Morgan fingerprint density at radius 1 is 0.905 bits per heavy atom. The molecule has 1 saturated carbocycles. The second-order valence-electron chi connectivity index (χ2n) is 12.2. The summed E-state index contributed by atoms with van der Waals surface area (Å²) in [4.78, 5) is 40.0. The second kappa shape index (κ2) is 12.4. The fourth-order valence-electron chi connectivity index (χ4n) is 6.76. The van der Waals surface area contributed by atoms with Crippen molar-refractivity contribution in [2.24, 2.45) is 17.3 Å². The molecule has 1 fully saturated rings. The van der Waals surface area contributed by atoms with E-state index >= 15 is 0 Å². The molecule has 0 bridgehead atoms. The summed E-state index contributed by atoms with van der Waals surface area (Å²) >= 11 is 0. The molecule has 3 aromatic carbocycles. The van der Waals surface area contributed by atoms with Crippen LogP contribution in [0.4, 0.5) is 4.79 Å². The Labute approximate surface area is 247 Å². The molecule has 3 unspecified atom stereocenters. The molecular weight excluding hydrogens is 528 g/mol. The smallest absolute Gasteiger partial charge is 0.407 e. The number of nitrogens with zero attached hydrogens (tertiary/aromatic N) is 1. The first kappa shape index (κ1) is 29.4. The Morgan fingerprint density at radius 2 is 1.50 bits per heavy atom. The first-order valence-corrected chi connectivity index (χ1v) is 14.8. The summed E-state index contributed by atoms with van der Waals surface area (Å²) in [6, 6.07) is 26.0. The van der Waals surface area contributed by atoms with Crippen LogP contribution in [0.2, 0.25) is 0 Å². The summed E-state index contributed by atoms with van der Waals surface area (Å²) in [6.45, 7) is 7.00. The maximum atomic E-state index is 13.9. The number of nitrogens with one attached hydrogen (secondary N) is 1. The molecule has 3 aromatic rings. The number of carbonyl (C=O) groups excluding carboxylic acids is 2. The fraction of sp³-hybridized carbons (Fsp3) is 0.400. The number of fused-ring (bicyclic) bond motifs is 3. The SMILES string of the molecule is CC1C(NC(=O)OCC2c3ccccc3-c3ccccc32)CCC(C(=O)N(CCC(=O)O)Cc2ccccc2)C1(C)C. The molecule has 3 atom stereocenters. The van der Waals surface area contributed by atoms with Crippen molar-refractivity contribution >= 4 is 18.0 Å². The van der Waals surface area contributed by atoms with Crippen molar-refractivity contribution < 1.29 is 24.2 Å². The van der Waals surface area contributed by atoms with E-state index in [-0.39, 0.29) is 49.3 Å². The molecule has 0 radical (unpaired) electrons. The highest BCUT2D eigenvalue weighted by Crippen LogP contribution is 2.47. The molecular formula is C35H40N2O5. The van der Waals surface area contributed by atoms with Gasteiger partial charge in [0, 0.05) is 31.0 Å². The molecule has 2 aliphatic carbocycles. The summed E-state index contributed by atoms with van der Waals surface area (Å²) in [5, 5.41) is 12.4. The number of hydrogen-bond donors (Lipinski definition) is 2. The number of carboxylic acids is 1. The van der Waals surface area contributed by atoms with E-state index < -0.39 is 17.5 Å². The van der Waals surface area contributed by atoms with E-state index in [0.29, 0.717) is 19.4 Å². The summed E-state index contributed by atoms with van der Waals surface area (Å²) in [5.74, 6) is -1.25. The molecule has 0 saturated heterocycles. The number of carboxylic acid groups (broad SMARTS) is 1. The number of benzene rings is 3. The molecule has 42 heavy (non-hydrogen) atoms. The predicted octanol–water partition coefficient (Wildman–Crippen LogP) is 6.47. The van der Waals surface area contributed by atoms with Crippen molar-refractivity contribution in [2.45, 2.75) is 58.5 Å². The summed E-state index contributed by atoms with van der Waals surface area (Å²) in [5.41, 5.74) is 5.25. The first-order chi connectivity index (χ1) is 20.2. The van der Waals surface area contributed by atoms with Crippen molar-refractivity contribution in [1.29, 1.82) is 0 Å². The van der Waals surface area contributed by atoms with Crippen molar-refractivity contribution in [1.82, 2.24) is 10.2 Å². The van der Waals surface area contributed by atoms with Crippen LogP contribution in [0.5, 0.6) is 0 Å². The molecule has 2 N–H and O–H groups in total. The maximum Gasteiger partial charge on any atom is 0.407 e. The standard InChI is InChI=1S/C35H40N2O5/c1-23-31(36-34(41)42-22-29-27-15-9-7-13-25(27)26-14-8-10-16-28(26)29)18-17-30(35(23,2)3)33(40)37(20-19-32(38)39)21-24-11-5-4-6-12-24/h4-16,23,29-31H,17-22H2,1-3H3,(H,36,41)(H,38,39). The first-order valence-electron chi connectivity index (χ1n) is 14.8. The number of ether oxygens (including phenoxy) is 1. The third-order valence-electron chi connectivity index (χ3n) is 9.51. The number of alkyl carbamates (subject to hydrolysis) is 1. The van der Waals surface area contributed by atoms with Gasteiger partial charge in [0.05, 0.1) is 6.42 Å². The molecule has 7 heteroatoms. The minimum absolute atomic E-state index is 0.00117. The van der Waals surface area contributed by atoms with E-state index in [4.69, 9.17) is 4.74 Å². The van der Waals surface area contributed by atoms with Crippen molar-refractivity contribution in [3.8, 4) is 11.1 Å². The van der Waals surface area contributed by atoms with Crippen LogP contribution in [0.1, 0.15) is 62.6 Å². The lowest BCUT2D eigenvalue weighted by Crippen LogP contribution is -2.54. The van der Waals surface area contributed by atoms with Crippen LogP contribution in [-0.2, 0) is 20.9 Å². The van der Waals surface area contributed by atoms with Crippen molar-refractivity contribution in [2.75, 3.05) is 13.2 Å². The zero-order valence-corrected chi connectivity index (χ0v) is 24.6. The van der Waals surface area contributed by atoms with Crippen molar-refractivity contribution in [3.05, 3.63) is 95.6 Å². The van der Waals surface area contributed by atoms with Gasteiger partial charge in [0.2, 0.25) is 5.91 Å². The minimum Gasteiger partial charge on any atom is -0.481 e. The van der Waals surface area contributed by atoms with Crippen LogP contribution in [-0.4, -0.2) is 47.2 Å². The largest absolute Gasteiger partial charge is 0.481 e. The van der Waals surface area contributed by atoms with E-state index in [1.165, 1.54) is 22.3 Å². The summed E-state index contributed by atoms with van der Waals surface area (Å²) in [6.07, 6.45) is 0.695. The normalized spacial score (nSPS) is 20.7. The van der Waals surface area contributed by atoms with Gasteiger partial charge in [-0.05, 0) is 52.0 Å². The molecule has 7 nitrogen and oxygen atoms in total. The van der Waals surface area contributed by atoms with Gasteiger partial charge in [0.25, 0.3) is 0 Å². The molecule has 0 heterocycles. The minimum atomic E-state index is -0.926. The van der Waals surface area contributed by atoms with Crippen LogP contribution < -0.4 is 5.32 Å². The Balaban J connectivity index is 1.22. The topological polar surface area (TPSA) is 95.9 Å². The highest BCUT2D eigenvalue weighted by atomic mass is 16.5. The van der Waals surface area contributed by atoms with Gasteiger partial charge in [-0.15, -0.1) is 0 Å². The highest BCUT2D eigenvalue weighted by molar-refractivity contribution is 5.81. The van der Waals surface area contributed by atoms with Gasteiger partial charge in [0.1, 0.15) is 6.61 Å². The van der Waals surface area contributed by atoms with Crippen molar-refractivity contribution in [3.63, 3.8) is 0 Å². The Kier molecular flexibility index (Phi) is 8.66. The fourth-order valence-corrected chi connectivity index (χ4v) is 6.76. The molecule has 0 aromatic heterocycles. The van der Waals surface area contributed by atoms with E-state index in [1.807, 2.05) is 54.6 Å².